The molecule has 0 fully saturated rings. The lowest BCUT2D eigenvalue weighted by atomic mass is 9.96. The number of aromatic nitrogens is 1. The number of likely N-dealkylation sites (N-methyl/N-ethyl adjacent to an activating group) is 1. The molecule has 98 valence electrons. The van der Waals surface area contributed by atoms with E-state index in [1.54, 1.807) is 6.20 Å². The molecular formula is C14H22N4. The Morgan fingerprint density at radius 2 is 2.28 bits per heavy atom. The Hall–Kier alpha value is -1.44. The number of pyridine rings is 1. The topological polar surface area (TPSA) is 65.9 Å². The third-order valence-electron chi connectivity index (χ3n) is 3.42. The van der Waals surface area contributed by atoms with Crippen molar-refractivity contribution in [3.63, 3.8) is 0 Å². The largest absolute Gasteiger partial charge is 0.326 e. The Kier molecular flexibility index (Phi) is 5.76. The first kappa shape index (κ1) is 14.6. The van der Waals surface area contributed by atoms with Gasteiger partial charge in [-0.15, -0.1) is 0 Å². The molecule has 0 saturated heterocycles. The highest BCUT2D eigenvalue weighted by atomic mass is 15.2. The third kappa shape index (κ3) is 3.52. The van der Waals surface area contributed by atoms with Gasteiger partial charge < -0.3 is 5.73 Å². The van der Waals surface area contributed by atoms with Crippen LogP contribution >= 0.6 is 0 Å². The van der Waals surface area contributed by atoms with E-state index in [9.17, 15) is 0 Å². The van der Waals surface area contributed by atoms with Crippen molar-refractivity contribution in [2.45, 2.75) is 44.8 Å². The average molecular weight is 246 g/mol. The zero-order chi connectivity index (χ0) is 13.5. The molecule has 3 unspecified atom stereocenters. The molecule has 18 heavy (non-hydrogen) atoms. The summed E-state index contributed by atoms with van der Waals surface area (Å²) in [5, 5.41) is 8.81. The first-order valence-corrected chi connectivity index (χ1v) is 6.36. The highest BCUT2D eigenvalue weighted by Crippen LogP contribution is 2.25. The van der Waals surface area contributed by atoms with E-state index in [-0.39, 0.29) is 18.1 Å². The predicted molar refractivity (Wildman–Crippen MR) is 72.7 cm³/mol. The van der Waals surface area contributed by atoms with E-state index in [1.165, 1.54) is 0 Å². The Labute approximate surface area is 109 Å². The second kappa shape index (κ2) is 7.10. The van der Waals surface area contributed by atoms with Crippen LogP contribution in [0.3, 0.4) is 0 Å². The van der Waals surface area contributed by atoms with E-state index in [0.29, 0.717) is 6.42 Å². The van der Waals surface area contributed by atoms with Gasteiger partial charge in [-0.1, -0.05) is 13.0 Å². The maximum Gasteiger partial charge on any atom is 0.0638 e. The third-order valence-corrected chi connectivity index (χ3v) is 3.42. The second-order valence-electron chi connectivity index (χ2n) is 4.68. The summed E-state index contributed by atoms with van der Waals surface area (Å²) in [6.45, 7) is 4.13. The lowest BCUT2D eigenvalue weighted by Crippen LogP contribution is -2.42. The maximum absolute atomic E-state index is 8.81. The normalized spacial score (nSPS) is 16.0. The Morgan fingerprint density at radius 3 is 2.78 bits per heavy atom. The van der Waals surface area contributed by atoms with Crippen molar-refractivity contribution < 1.29 is 0 Å². The molecule has 0 radical (unpaired) electrons. The van der Waals surface area contributed by atoms with Crippen molar-refractivity contribution in [3.8, 4) is 6.07 Å². The Bertz CT molecular complexity index is 385. The first-order chi connectivity index (χ1) is 8.61. The zero-order valence-corrected chi connectivity index (χ0v) is 11.4. The summed E-state index contributed by atoms with van der Waals surface area (Å²) in [4.78, 5) is 6.34. The molecule has 0 bridgehead atoms. The molecule has 0 saturated carbocycles. The van der Waals surface area contributed by atoms with Crippen LogP contribution in [0.25, 0.3) is 0 Å². The minimum absolute atomic E-state index is 0.0420. The smallest absolute Gasteiger partial charge is 0.0638 e. The van der Waals surface area contributed by atoms with Crippen molar-refractivity contribution in [1.29, 1.82) is 5.26 Å². The van der Waals surface area contributed by atoms with Gasteiger partial charge in [-0.25, -0.2) is 0 Å². The monoisotopic (exact) mass is 246 g/mol. The summed E-state index contributed by atoms with van der Waals surface area (Å²) < 4.78 is 0. The van der Waals surface area contributed by atoms with Crippen LogP contribution in [-0.2, 0) is 0 Å². The van der Waals surface area contributed by atoms with Crippen molar-refractivity contribution in [2.75, 3.05) is 7.05 Å². The van der Waals surface area contributed by atoms with Gasteiger partial charge >= 0.3 is 0 Å². The summed E-state index contributed by atoms with van der Waals surface area (Å²) in [6.07, 6.45) is 5.01. The van der Waals surface area contributed by atoms with Crippen LogP contribution in [0.4, 0.5) is 0 Å². The van der Waals surface area contributed by atoms with Gasteiger partial charge in [0.1, 0.15) is 0 Å². The lowest BCUT2D eigenvalue weighted by Gasteiger charge is -2.35. The lowest BCUT2D eigenvalue weighted by molar-refractivity contribution is 0.160. The predicted octanol–water partition coefficient (Wildman–Crippen LogP) is 2.09. The fourth-order valence-electron chi connectivity index (χ4n) is 2.11. The van der Waals surface area contributed by atoms with Gasteiger partial charge in [-0.05, 0) is 32.0 Å². The average Bonchev–Trinajstić information content (AvgIpc) is 2.40. The molecule has 2 N–H and O–H groups in total. The maximum atomic E-state index is 8.81. The van der Waals surface area contributed by atoms with Crippen molar-refractivity contribution in [2.24, 2.45) is 5.73 Å². The minimum Gasteiger partial charge on any atom is -0.326 e. The fourth-order valence-corrected chi connectivity index (χ4v) is 2.11. The molecular weight excluding hydrogens is 224 g/mol. The van der Waals surface area contributed by atoms with Gasteiger partial charge in [0.15, 0.2) is 0 Å². The molecule has 0 amide bonds. The van der Waals surface area contributed by atoms with Crippen molar-refractivity contribution in [1.82, 2.24) is 9.88 Å². The number of rotatable bonds is 6. The Balaban J connectivity index is 2.96. The number of hydrogen-bond acceptors (Lipinski definition) is 4. The molecule has 1 rings (SSSR count). The quantitative estimate of drug-likeness (QED) is 0.834. The van der Waals surface area contributed by atoms with E-state index in [1.807, 2.05) is 25.4 Å². The molecule has 0 aliphatic carbocycles. The highest BCUT2D eigenvalue weighted by molar-refractivity contribution is 5.16. The van der Waals surface area contributed by atoms with Crippen LogP contribution < -0.4 is 5.73 Å². The summed E-state index contributed by atoms with van der Waals surface area (Å²) in [6, 6.07) is 6.51. The van der Waals surface area contributed by atoms with Crippen LogP contribution in [-0.4, -0.2) is 29.0 Å². The van der Waals surface area contributed by atoms with Crippen molar-refractivity contribution >= 4 is 0 Å². The van der Waals surface area contributed by atoms with Gasteiger partial charge in [0.2, 0.25) is 0 Å². The van der Waals surface area contributed by atoms with E-state index in [2.05, 4.69) is 29.8 Å². The number of hydrogen-bond donors (Lipinski definition) is 1. The standard InChI is InChI=1S/C14H22N4/c1-4-13(16)14(12-6-5-9-17-10-12)18(3)11(2)7-8-15/h5-6,9-11,13-14H,4,7,16H2,1-3H3. The Morgan fingerprint density at radius 1 is 1.56 bits per heavy atom. The zero-order valence-electron chi connectivity index (χ0n) is 11.4. The molecule has 0 aromatic carbocycles. The minimum atomic E-state index is 0.0420. The SMILES string of the molecule is CCC(N)C(c1cccnc1)N(C)C(C)CC#N. The van der Waals surface area contributed by atoms with E-state index in [4.69, 9.17) is 11.0 Å². The van der Waals surface area contributed by atoms with Crippen LogP contribution in [0.2, 0.25) is 0 Å². The van der Waals surface area contributed by atoms with Crippen molar-refractivity contribution in [3.05, 3.63) is 30.1 Å². The molecule has 1 aromatic heterocycles. The summed E-state index contributed by atoms with van der Waals surface area (Å²) in [5.41, 5.74) is 7.34. The van der Waals surface area contributed by atoms with Gasteiger partial charge in [0, 0.05) is 24.5 Å². The molecule has 1 heterocycles. The summed E-state index contributed by atoms with van der Waals surface area (Å²) in [5.74, 6) is 0. The van der Waals surface area contributed by atoms with Crippen LogP contribution in [0.15, 0.2) is 24.5 Å². The first-order valence-electron chi connectivity index (χ1n) is 6.36. The van der Waals surface area contributed by atoms with Gasteiger partial charge in [0.25, 0.3) is 0 Å². The number of nitriles is 1. The van der Waals surface area contributed by atoms with E-state index >= 15 is 0 Å². The number of nitrogens with two attached hydrogens (primary N) is 1. The molecule has 4 nitrogen and oxygen atoms in total. The molecule has 0 aliphatic rings. The summed E-state index contributed by atoms with van der Waals surface area (Å²) in [7, 11) is 2.02. The van der Waals surface area contributed by atoms with E-state index < -0.39 is 0 Å². The molecule has 0 spiro atoms. The van der Waals surface area contributed by atoms with Crippen LogP contribution in [0.1, 0.15) is 38.3 Å². The second-order valence-corrected chi connectivity index (χ2v) is 4.68. The fraction of sp³-hybridized carbons (Fsp3) is 0.571. The molecule has 3 atom stereocenters. The van der Waals surface area contributed by atoms with E-state index in [0.717, 1.165) is 12.0 Å². The van der Waals surface area contributed by atoms with Crippen LogP contribution in [0, 0.1) is 11.3 Å². The molecule has 4 heteroatoms. The summed E-state index contributed by atoms with van der Waals surface area (Å²) >= 11 is 0. The number of nitrogens with zero attached hydrogens (tertiary/aromatic N) is 3. The van der Waals surface area contributed by atoms with Crippen LogP contribution in [0.5, 0.6) is 0 Å². The van der Waals surface area contributed by atoms with Gasteiger partial charge in [-0.3, -0.25) is 9.88 Å². The van der Waals surface area contributed by atoms with Gasteiger partial charge in [0.05, 0.1) is 18.5 Å². The van der Waals surface area contributed by atoms with Gasteiger partial charge in [-0.2, -0.15) is 5.26 Å². The molecule has 1 aromatic rings. The molecule has 0 aliphatic heterocycles. The highest BCUT2D eigenvalue weighted by Gasteiger charge is 2.26.